The molecule has 8 nitrogen and oxygen atoms in total. The van der Waals surface area contributed by atoms with E-state index in [-0.39, 0.29) is 0 Å². The Hall–Kier alpha value is -2.38. The number of carbonyl (C=O) groups is 1. The summed E-state index contributed by atoms with van der Waals surface area (Å²) in [6.45, 7) is 5.46. The van der Waals surface area contributed by atoms with Crippen molar-refractivity contribution in [1.82, 2.24) is 25.2 Å². The van der Waals surface area contributed by atoms with Gasteiger partial charge in [0.1, 0.15) is 11.1 Å². The average Bonchev–Trinajstić information content (AvgIpc) is 2.85. The fourth-order valence-corrected chi connectivity index (χ4v) is 2.09. The highest BCUT2D eigenvalue weighted by molar-refractivity contribution is 5.69. The third kappa shape index (κ3) is 2.95. The molecule has 1 fully saturated rings. The van der Waals surface area contributed by atoms with Crippen LogP contribution in [0.3, 0.4) is 0 Å². The molecule has 0 aliphatic heterocycles. The van der Waals surface area contributed by atoms with E-state index in [1.54, 1.807) is 17.1 Å². The molecule has 1 N–H and O–H groups in total. The van der Waals surface area contributed by atoms with Crippen molar-refractivity contribution >= 4 is 6.09 Å². The fraction of sp³-hybridized carbons (Fsp3) is 0.571. The molecule has 0 saturated heterocycles. The topological polar surface area (TPSA) is 95.1 Å². The summed E-state index contributed by atoms with van der Waals surface area (Å²) >= 11 is 0. The Morgan fingerprint density at radius 1 is 1.45 bits per heavy atom. The summed E-state index contributed by atoms with van der Waals surface area (Å²) in [6.07, 6.45) is 4.48. The standard InChI is InChI=1S/C14H19N5O3/c1-13(2,3)21-12(20)17-14(5-6-14)11-16-10(18-22-11)9-7-15-19(4)8-9/h7-8H,5-6H2,1-4H3,(H,17,20). The van der Waals surface area contributed by atoms with E-state index in [9.17, 15) is 4.79 Å². The minimum atomic E-state index is -0.601. The molecule has 1 amide bonds. The summed E-state index contributed by atoms with van der Waals surface area (Å²) in [7, 11) is 1.82. The first-order valence-corrected chi connectivity index (χ1v) is 7.12. The van der Waals surface area contributed by atoms with Crippen LogP contribution in [0.2, 0.25) is 0 Å². The van der Waals surface area contributed by atoms with Crippen molar-refractivity contribution < 1.29 is 14.1 Å². The number of rotatable bonds is 3. The van der Waals surface area contributed by atoms with Gasteiger partial charge in [0, 0.05) is 13.2 Å². The van der Waals surface area contributed by atoms with Crippen LogP contribution in [0.15, 0.2) is 16.9 Å². The van der Waals surface area contributed by atoms with Crippen molar-refractivity contribution in [2.45, 2.75) is 44.8 Å². The van der Waals surface area contributed by atoms with Gasteiger partial charge in [-0.25, -0.2) is 4.79 Å². The van der Waals surface area contributed by atoms with E-state index in [1.165, 1.54) is 0 Å². The first-order chi connectivity index (χ1) is 10.3. The lowest BCUT2D eigenvalue weighted by molar-refractivity contribution is 0.0483. The summed E-state index contributed by atoms with van der Waals surface area (Å²) in [5.74, 6) is 0.859. The Morgan fingerprint density at radius 3 is 2.73 bits per heavy atom. The highest BCUT2D eigenvalue weighted by atomic mass is 16.6. The smallest absolute Gasteiger partial charge is 0.408 e. The summed E-state index contributed by atoms with van der Waals surface area (Å²) in [5.41, 5.74) is -0.378. The molecular formula is C14H19N5O3. The number of alkyl carbamates (subject to hydrolysis) is 1. The number of ether oxygens (including phenoxy) is 1. The van der Waals surface area contributed by atoms with Gasteiger partial charge in [0.15, 0.2) is 0 Å². The van der Waals surface area contributed by atoms with Crippen LogP contribution in [-0.4, -0.2) is 31.6 Å². The second-order valence-corrected chi connectivity index (χ2v) is 6.53. The maximum absolute atomic E-state index is 11.9. The molecule has 3 rings (SSSR count). The van der Waals surface area contributed by atoms with Crippen LogP contribution < -0.4 is 5.32 Å². The van der Waals surface area contributed by atoms with E-state index in [0.717, 1.165) is 18.4 Å². The zero-order valence-corrected chi connectivity index (χ0v) is 13.1. The van der Waals surface area contributed by atoms with E-state index < -0.39 is 17.2 Å². The minimum absolute atomic E-state index is 0.400. The maximum Gasteiger partial charge on any atom is 0.408 e. The molecule has 1 aliphatic carbocycles. The monoisotopic (exact) mass is 305 g/mol. The van der Waals surface area contributed by atoms with Gasteiger partial charge in [-0.2, -0.15) is 10.1 Å². The van der Waals surface area contributed by atoms with Crippen molar-refractivity contribution in [1.29, 1.82) is 0 Å². The van der Waals surface area contributed by atoms with Crippen molar-refractivity contribution in [3.05, 3.63) is 18.3 Å². The van der Waals surface area contributed by atoms with Gasteiger partial charge < -0.3 is 14.6 Å². The molecular weight excluding hydrogens is 286 g/mol. The minimum Gasteiger partial charge on any atom is -0.444 e. The van der Waals surface area contributed by atoms with Gasteiger partial charge in [0.2, 0.25) is 5.82 Å². The van der Waals surface area contributed by atoms with E-state index in [0.29, 0.717) is 11.7 Å². The van der Waals surface area contributed by atoms with Gasteiger partial charge in [0.05, 0.1) is 11.8 Å². The average molecular weight is 305 g/mol. The summed E-state index contributed by atoms with van der Waals surface area (Å²) in [6, 6.07) is 0. The zero-order chi connectivity index (χ0) is 16.0. The lowest BCUT2D eigenvalue weighted by Crippen LogP contribution is -2.39. The molecule has 0 spiro atoms. The summed E-state index contributed by atoms with van der Waals surface area (Å²) in [5, 5.41) is 10.9. The van der Waals surface area contributed by atoms with Crippen molar-refractivity contribution in [2.75, 3.05) is 0 Å². The molecule has 2 heterocycles. The predicted octanol–water partition coefficient (Wildman–Crippen LogP) is 1.98. The molecule has 0 aromatic carbocycles. The van der Waals surface area contributed by atoms with Crippen LogP contribution in [0.1, 0.15) is 39.5 Å². The van der Waals surface area contributed by atoms with Crippen LogP contribution in [0.25, 0.3) is 11.4 Å². The third-order valence-electron chi connectivity index (χ3n) is 3.29. The molecule has 1 aliphatic rings. The van der Waals surface area contributed by atoms with Crippen LogP contribution in [0, 0.1) is 0 Å². The molecule has 2 aromatic rings. The van der Waals surface area contributed by atoms with Crippen molar-refractivity contribution in [3.63, 3.8) is 0 Å². The Bertz CT molecular complexity index is 693. The molecule has 8 heteroatoms. The zero-order valence-electron chi connectivity index (χ0n) is 13.1. The SMILES string of the molecule is Cn1cc(-c2noc(C3(NC(=O)OC(C)(C)C)CC3)n2)cn1. The molecule has 0 radical (unpaired) electrons. The molecule has 22 heavy (non-hydrogen) atoms. The Morgan fingerprint density at radius 2 is 2.18 bits per heavy atom. The number of nitrogens with one attached hydrogen (secondary N) is 1. The molecule has 118 valence electrons. The normalized spacial score (nSPS) is 16.4. The first kappa shape index (κ1) is 14.6. The largest absolute Gasteiger partial charge is 0.444 e. The lowest BCUT2D eigenvalue weighted by atomic mass is 10.2. The first-order valence-electron chi connectivity index (χ1n) is 7.12. The summed E-state index contributed by atoms with van der Waals surface area (Å²) < 4.78 is 12.3. The number of hydrogen-bond acceptors (Lipinski definition) is 6. The molecule has 0 bridgehead atoms. The Labute approximate surface area is 127 Å². The maximum atomic E-state index is 11.9. The van der Waals surface area contributed by atoms with E-state index in [2.05, 4.69) is 20.6 Å². The van der Waals surface area contributed by atoms with Crippen LogP contribution in [0.4, 0.5) is 4.79 Å². The number of hydrogen-bond donors (Lipinski definition) is 1. The molecule has 1 saturated carbocycles. The van der Waals surface area contributed by atoms with Gasteiger partial charge in [-0.1, -0.05) is 5.16 Å². The fourth-order valence-electron chi connectivity index (χ4n) is 2.09. The highest BCUT2D eigenvalue weighted by Gasteiger charge is 2.51. The number of aromatic nitrogens is 4. The van der Waals surface area contributed by atoms with Crippen molar-refractivity contribution in [2.24, 2.45) is 7.05 Å². The van der Waals surface area contributed by atoms with E-state index in [1.807, 2.05) is 27.8 Å². The number of nitrogens with zero attached hydrogens (tertiary/aromatic N) is 4. The van der Waals surface area contributed by atoms with Crippen molar-refractivity contribution in [3.8, 4) is 11.4 Å². The van der Waals surface area contributed by atoms with Crippen LogP contribution in [0.5, 0.6) is 0 Å². The Balaban J connectivity index is 1.74. The van der Waals surface area contributed by atoms with Gasteiger partial charge in [-0.15, -0.1) is 0 Å². The van der Waals surface area contributed by atoms with Gasteiger partial charge in [-0.3, -0.25) is 4.68 Å². The molecule has 0 unspecified atom stereocenters. The number of amides is 1. The van der Waals surface area contributed by atoms with Gasteiger partial charge >= 0.3 is 6.09 Å². The highest BCUT2D eigenvalue weighted by Crippen LogP contribution is 2.45. The van der Waals surface area contributed by atoms with E-state index in [4.69, 9.17) is 9.26 Å². The number of carbonyl (C=O) groups excluding carboxylic acids is 1. The van der Waals surface area contributed by atoms with Crippen LogP contribution in [-0.2, 0) is 17.3 Å². The molecule has 2 aromatic heterocycles. The Kier molecular flexibility index (Phi) is 3.19. The predicted molar refractivity (Wildman–Crippen MR) is 76.8 cm³/mol. The van der Waals surface area contributed by atoms with Crippen LogP contribution >= 0.6 is 0 Å². The lowest BCUT2D eigenvalue weighted by Gasteiger charge is -2.21. The number of aryl methyl sites for hydroxylation is 1. The summed E-state index contributed by atoms with van der Waals surface area (Å²) in [4.78, 5) is 16.3. The second-order valence-electron chi connectivity index (χ2n) is 6.53. The third-order valence-corrected chi connectivity index (χ3v) is 3.29. The second kappa shape index (κ2) is 4.82. The molecule has 0 atom stereocenters. The van der Waals surface area contributed by atoms with E-state index >= 15 is 0 Å². The van der Waals surface area contributed by atoms with Gasteiger partial charge in [0.25, 0.3) is 5.89 Å². The van der Waals surface area contributed by atoms with Gasteiger partial charge in [-0.05, 0) is 33.6 Å². The quantitative estimate of drug-likeness (QED) is 0.931.